The summed E-state index contributed by atoms with van der Waals surface area (Å²) in [5, 5.41) is 3.85. The SMILES string of the molecule is CCCc1nc2c(n1Cc1ccc(-c3ccccc3S(=O)(=O)Nc3onc(C)c3C)c(C)c1)C(=O)CCCC2. The summed E-state index contributed by atoms with van der Waals surface area (Å²) in [6.07, 6.45) is 5.07. The van der Waals surface area contributed by atoms with Crippen molar-refractivity contribution in [2.45, 2.75) is 77.7 Å². The van der Waals surface area contributed by atoms with Crippen LogP contribution in [0.4, 0.5) is 5.88 Å². The van der Waals surface area contributed by atoms with Crippen LogP contribution in [0.3, 0.4) is 0 Å². The van der Waals surface area contributed by atoms with Gasteiger partial charge in [-0.3, -0.25) is 4.79 Å². The third kappa shape index (κ3) is 5.28. The van der Waals surface area contributed by atoms with E-state index in [2.05, 4.69) is 27.4 Å². The van der Waals surface area contributed by atoms with E-state index in [1.807, 2.05) is 31.2 Å². The summed E-state index contributed by atoms with van der Waals surface area (Å²) in [6.45, 7) is 8.17. The second-order valence-corrected chi connectivity index (χ2v) is 11.9. The van der Waals surface area contributed by atoms with Gasteiger partial charge in [0.25, 0.3) is 10.0 Å². The summed E-state index contributed by atoms with van der Waals surface area (Å²) in [7, 11) is -3.93. The number of hydrogen-bond donors (Lipinski definition) is 1. The van der Waals surface area contributed by atoms with E-state index in [4.69, 9.17) is 9.51 Å². The Morgan fingerprint density at radius 3 is 2.51 bits per heavy atom. The molecule has 0 aliphatic heterocycles. The third-order valence-corrected chi connectivity index (χ3v) is 8.80. The molecule has 8 nitrogen and oxygen atoms in total. The maximum Gasteiger partial charge on any atom is 0.264 e. The number of anilines is 1. The van der Waals surface area contributed by atoms with Crippen LogP contribution in [0.15, 0.2) is 51.9 Å². The number of hydrogen-bond acceptors (Lipinski definition) is 6. The number of Topliss-reactive ketones (excluding diaryl/α,β-unsaturated/α-hetero) is 1. The minimum absolute atomic E-state index is 0.117. The molecule has 2 heterocycles. The number of benzene rings is 2. The van der Waals surface area contributed by atoms with Gasteiger partial charge in [-0.05, 0) is 69.2 Å². The quantitative estimate of drug-likeness (QED) is 0.265. The van der Waals surface area contributed by atoms with E-state index in [1.54, 1.807) is 26.0 Å². The molecule has 9 heteroatoms. The number of carbonyl (C=O) groups is 1. The molecular formula is C30H34N4O4S. The van der Waals surface area contributed by atoms with Crippen LogP contribution < -0.4 is 4.72 Å². The van der Waals surface area contributed by atoms with Crippen LogP contribution in [0.2, 0.25) is 0 Å². The predicted molar refractivity (Wildman–Crippen MR) is 151 cm³/mol. The Labute approximate surface area is 229 Å². The average Bonchev–Trinajstić information content (AvgIpc) is 3.33. The van der Waals surface area contributed by atoms with E-state index in [9.17, 15) is 13.2 Å². The molecule has 1 aliphatic carbocycles. The van der Waals surface area contributed by atoms with Gasteiger partial charge in [0.05, 0.1) is 16.3 Å². The monoisotopic (exact) mass is 546 g/mol. The Morgan fingerprint density at radius 2 is 1.79 bits per heavy atom. The van der Waals surface area contributed by atoms with Gasteiger partial charge in [0.1, 0.15) is 11.5 Å². The molecule has 2 aromatic carbocycles. The zero-order valence-corrected chi connectivity index (χ0v) is 23.7. The van der Waals surface area contributed by atoms with Crippen LogP contribution in [-0.4, -0.2) is 28.9 Å². The Hall–Kier alpha value is -3.72. The fourth-order valence-electron chi connectivity index (χ4n) is 5.24. The molecule has 1 aliphatic rings. The number of ketones is 1. The standard InChI is InChI=1S/C30H34N4O4S/c1-5-10-28-31-25-12-7-8-13-26(35)29(25)34(28)18-22-15-16-23(19(2)17-22)24-11-6-9-14-27(24)39(36,37)33-30-20(3)21(4)32-38-30/h6,9,11,14-17,33H,5,7-8,10,12-13,18H2,1-4H3. The number of imidazole rings is 1. The number of carbonyl (C=O) groups excluding carboxylic acids is 1. The van der Waals surface area contributed by atoms with Crippen molar-refractivity contribution in [1.29, 1.82) is 0 Å². The van der Waals surface area contributed by atoms with E-state index >= 15 is 0 Å². The lowest BCUT2D eigenvalue weighted by Crippen LogP contribution is -2.15. The highest BCUT2D eigenvalue weighted by atomic mass is 32.2. The second kappa shape index (κ2) is 10.8. The van der Waals surface area contributed by atoms with E-state index in [-0.39, 0.29) is 16.6 Å². The second-order valence-electron chi connectivity index (χ2n) is 10.3. The van der Waals surface area contributed by atoms with E-state index in [1.165, 1.54) is 0 Å². The molecule has 0 unspecified atom stereocenters. The van der Waals surface area contributed by atoms with Crippen molar-refractivity contribution in [3.05, 3.63) is 82.1 Å². The van der Waals surface area contributed by atoms with Crippen LogP contribution in [0.5, 0.6) is 0 Å². The summed E-state index contributed by atoms with van der Waals surface area (Å²) in [4.78, 5) is 18.0. The van der Waals surface area contributed by atoms with Crippen LogP contribution in [0.25, 0.3) is 11.1 Å². The average molecular weight is 547 g/mol. The van der Waals surface area contributed by atoms with E-state index in [0.29, 0.717) is 29.8 Å². The van der Waals surface area contributed by atoms with Gasteiger partial charge in [-0.15, -0.1) is 0 Å². The predicted octanol–water partition coefficient (Wildman–Crippen LogP) is 6.17. The molecule has 4 aromatic rings. The Morgan fingerprint density at radius 1 is 1.03 bits per heavy atom. The number of nitrogens with one attached hydrogen (secondary N) is 1. The summed E-state index contributed by atoms with van der Waals surface area (Å²) >= 11 is 0. The van der Waals surface area contributed by atoms with Crippen LogP contribution in [0.1, 0.15) is 77.0 Å². The molecule has 0 spiro atoms. The van der Waals surface area contributed by atoms with Gasteiger partial charge in [0.2, 0.25) is 5.88 Å². The Bertz CT molecular complexity index is 1650. The lowest BCUT2D eigenvalue weighted by atomic mass is 9.98. The van der Waals surface area contributed by atoms with Gasteiger partial charge in [-0.2, -0.15) is 0 Å². The summed E-state index contributed by atoms with van der Waals surface area (Å²) < 4.78 is 36.7. The van der Waals surface area contributed by atoms with E-state index < -0.39 is 10.0 Å². The molecule has 5 rings (SSSR count). The van der Waals surface area contributed by atoms with Gasteiger partial charge >= 0.3 is 0 Å². The molecule has 0 amide bonds. The van der Waals surface area contributed by atoms with Crippen LogP contribution >= 0.6 is 0 Å². The van der Waals surface area contributed by atoms with E-state index in [0.717, 1.165) is 66.0 Å². The zero-order chi connectivity index (χ0) is 27.7. The lowest BCUT2D eigenvalue weighted by molar-refractivity contribution is 0.0973. The van der Waals surface area contributed by atoms with Crippen molar-refractivity contribution >= 4 is 21.7 Å². The largest absolute Gasteiger partial charge is 0.337 e. The van der Waals surface area contributed by atoms with Gasteiger partial charge < -0.3 is 9.09 Å². The van der Waals surface area contributed by atoms with Crippen molar-refractivity contribution in [3.8, 4) is 11.1 Å². The number of aromatic nitrogens is 3. The smallest absolute Gasteiger partial charge is 0.264 e. The number of nitrogens with zero attached hydrogens (tertiary/aromatic N) is 3. The first-order valence-corrected chi connectivity index (χ1v) is 14.9. The third-order valence-electron chi connectivity index (χ3n) is 7.41. The molecule has 2 aromatic heterocycles. The summed E-state index contributed by atoms with van der Waals surface area (Å²) in [5.41, 5.74) is 6.37. The van der Waals surface area contributed by atoms with Gasteiger partial charge in [-0.25, -0.2) is 18.1 Å². The first kappa shape index (κ1) is 26.9. The first-order valence-electron chi connectivity index (χ1n) is 13.5. The van der Waals surface area contributed by atoms with Crippen LogP contribution in [-0.2, 0) is 29.4 Å². The normalized spacial score (nSPS) is 13.8. The van der Waals surface area contributed by atoms with Crippen molar-refractivity contribution in [3.63, 3.8) is 0 Å². The minimum atomic E-state index is -3.93. The Kier molecular flexibility index (Phi) is 7.44. The van der Waals surface area contributed by atoms with Crippen molar-refractivity contribution in [2.75, 3.05) is 4.72 Å². The number of sulfonamides is 1. The molecule has 39 heavy (non-hydrogen) atoms. The first-order chi connectivity index (χ1) is 18.7. The molecule has 0 fully saturated rings. The highest BCUT2D eigenvalue weighted by Crippen LogP contribution is 2.33. The van der Waals surface area contributed by atoms with Crippen LogP contribution in [0, 0.1) is 20.8 Å². The summed E-state index contributed by atoms with van der Waals surface area (Å²) in [5.74, 6) is 1.25. The van der Waals surface area contributed by atoms with Gasteiger partial charge in [0.15, 0.2) is 5.78 Å². The molecule has 0 saturated heterocycles. The summed E-state index contributed by atoms with van der Waals surface area (Å²) in [6, 6.07) is 13.0. The molecule has 0 radical (unpaired) electrons. The molecular weight excluding hydrogens is 512 g/mol. The lowest BCUT2D eigenvalue weighted by Gasteiger charge is -2.16. The number of aryl methyl sites for hydroxylation is 4. The Balaban J connectivity index is 1.49. The van der Waals surface area contributed by atoms with Crippen molar-refractivity contribution < 1.29 is 17.7 Å². The fourth-order valence-corrected chi connectivity index (χ4v) is 6.51. The topological polar surface area (TPSA) is 107 Å². The maximum absolute atomic E-state index is 13.4. The fraction of sp³-hybridized carbons (Fsp3) is 0.367. The van der Waals surface area contributed by atoms with Gasteiger partial charge in [0, 0.05) is 30.5 Å². The maximum atomic E-state index is 13.4. The van der Waals surface area contributed by atoms with Gasteiger partial charge in [-0.1, -0.05) is 48.5 Å². The highest BCUT2D eigenvalue weighted by Gasteiger charge is 2.26. The molecule has 0 atom stereocenters. The molecule has 0 bridgehead atoms. The zero-order valence-electron chi connectivity index (χ0n) is 22.9. The van der Waals surface area contributed by atoms with Crippen molar-refractivity contribution in [1.82, 2.24) is 14.7 Å². The highest BCUT2D eigenvalue weighted by molar-refractivity contribution is 7.92. The van der Waals surface area contributed by atoms with Crippen molar-refractivity contribution in [2.24, 2.45) is 0 Å². The minimum Gasteiger partial charge on any atom is -0.337 e. The molecule has 1 N–H and O–H groups in total. The molecule has 0 saturated carbocycles. The number of fused-ring (bicyclic) bond motifs is 1. The molecule has 204 valence electrons. The number of rotatable bonds is 8.